The standard InChI is InChI=1S/C45H49F12N9O7/c1-41(2,44(52,53)54)34(62-40(71)72-28-11-12-28)35(68)61-32(13-22-5-7-23(8-6-22)25-16-59-65(18-25)37(48)49)33(67)21-64(20-29-30(46)14-24(15-31(29)47)26-17-60-66(19-26)38(50)51)63-36(69)43(27-9-10-27,73-39(58)70)42(3,4)45(55,56)57/h5-8,14-19,27-28,32-34,37-38,67H,9-13,20-21H2,1-4H3,(H2,58,70)(H,61,68)(H,62,71)(H,63,69)/t32-,33-,34+,43+/m0/s1. The topological polar surface area (TPSA) is 208 Å². The molecule has 4 amide bonds. The van der Waals surface area contributed by atoms with E-state index in [4.69, 9.17) is 15.2 Å². The van der Waals surface area contributed by atoms with Gasteiger partial charge in [0.15, 0.2) is 0 Å². The summed E-state index contributed by atoms with van der Waals surface area (Å²) in [6, 6.07) is 2.45. The zero-order valence-corrected chi connectivity index (χ0v) is 39.0. The maximum atomic E-state index is 16.1. The Bertz CT molecular complexity index is 2610. The Labute approximate surface area is 407 Å². The molecule has 2 fully saturated rings. The highest BCUT2D eigenvalue weighted by atomic mass is 19.4. The van der Waals surface area contributed by atoms with E-state index in [0.29, 0.717) is 67.9 Å². The number of nitrogens with zero attached hydrogens (tertiary/aromatic N) is 5. The molecule has 16 nitrogen and oxygen atoms in total. The molecule has 400 valence electrons. The Morgan fingerprint density at radius 3 is 1.78 bits per heavy atom. The number of amides is 4. The van der Waals surface area contributed by atoms with Crippen LogP contribution in [-0.4, -0.2) is 102 Å². The summed E-state index contributed by atoms with van der Waals surface area (Å²) in [6.07, 6.45) is -13.0. The predicted octanol–water partition coefficient (Wildman–Crippen LogP) is 8.08. The van der Waals surface area contributed by atoms with E-state index >= 15 is 8.78 Å². The van der Waals surface area contributed by atoms with Crippen LogP contribution in [0.1, 0.15) is 77.6 Å². The number of carbonyl (C=O) groups excluding carboxylic acids is 4. The Morgan fingerprint density at radius 1 is 0.795 bits per heavy atom. The molecule has 28 heteroatoms. The average molecular weight is 1060 g/mol. The summed E-state index contributed by atoms with van der Waals surface area (Å²) in [6.45, 7) is -6.32. The van der Waals surface area contributed by atoms with Crippen molar-refractivity contribution in [3.8, 4) is 22.3 Å². The number of nitrogens with one attached hydrogen (secondary N) is 3. The van der Waals surface area contributed by atoms with Crippen molar-refractivity contribution >= 4 is 24.0 Å². The number of alkyl halides is 10. The van der Waals surface area contributed by atoms with Gasteiger partial charge in [-0.2, -0.15) is 54.1 Å². The molecule has 2 aromatic heterocycles. The van der Waals surface area contributed by atoms with Crippen molar-refractivity contribution in [1.82, 2.24) is 40.6 Å². The molecule has 4 aromatic rings. The van der Waals surface area contributed by atoms with Gasteiger partial charge in [-0.1, -0.05) is 24.3 Å². The Hall–Kier alpha value is -6.58. The van der Waals surface area contributed by atoms with Crippen LogP contribution in [0.15, 0.2) is 61.2 Å². The molecule has 2 aromatic carbocycles. The van der Waals surface area contributed by atoms with Crippen LogP contribution in [0.5, 0.6) is 0 Å². The van der Waals surface area contributed by atoms with Crippen LogP contribution in [0.3, 0.4) is 0 Å². The average Bonchev–Trinajstić information content (AvgIpc) is 4.19. The van der Waals surface area contributed by atoms with E-state index in [1.54, 1.807) is 0 Å². The van der Waals surface area contributed by atoms with Gasteiger partial charge in [-0.25, -0.2) is 32.7 Å². The van der Waals surface area contributed by atoms with Crippen molar-refractivity contribution in [2.45, 2.75) is 122 Å². The maximum Gasteiger partial charge on any atom is 0.408 e. The molecule has 0 bridgehead atoms. The van der Waals surface area contributed by atoms with Gasteiger partial charge in [0.25, 0.3) is 5.91 Å². The lowest BCUT2D eigenvalue weighted by atomic mass is 9.70. The molecular weight excluding hydrogens is 1010 g/mol. The fraction of sp³-hybridized carbons (Fsp3) is 0.511. The molecule has 73 heavy (non-hydrogen) atoms. The Morgan fingerprint density at radius 2 is 1.33 bits per heavy atom. The number of aliphatic hydroxyl groups excluding tert-OH is 1. The largest absolute Gasteiger partial charge is 0.446 e. The van der Waals surface area contributed by atoms with E-state index < -0.39 is 133 Å². The molecule has 0 spiro atoms. The highest BCUT2D eigenvalue weighted by Crippen LogP contribution is 2.57. The second-order valence-corrected chi connectivity index (χ2v) is 18.8. The van der Waals surface area contributed by atoms with Crippen molar-refractivity contribution in [3.05, 3.63) is 83.9 Å². The molecule has 2 heterocycles. The van der Waals surface area contributed by atoms with Crippen LogP contribution in [0.25, 0.3) is 22.3 Å². The zero-order valence-electron chi connectivity index (χ0n) is 39.0. The minimum Gasteiger partial charge on any atom is -0.446 e. The number of hydrazine groups is 1. The first-order chi connectivity index (χ1) is 33.9. The fourth-order valence-electron chi connectivity index (χ4n) is 7.99. The van der Waals surface area contributed by atoms with Gasteiger partial charge in [-0.15, -0.1) is 0 Å². The van der Waals surface area contributed by atoms with Crippen LogP contribution in [0, 0.1) is 28.4 Å². The van der Waals surface area contributed by atoms with E-state index in [-0.39, 0.29) is 39.8 Å². The molecular formula is C45H49F12N9O7. The smallest absolute Gasteiger partial charge is 0.408 e. The molecule has 6 rings (SSSR count). The van der Waals surface area contributed by atoms with Crippen molar-refractivity contribution < 1.29 is 86.4 Å². The lowest BCUT2D eigenvalue weighted by Gasteiger charge is -2.46. The number of alkyl carbamates (subject to hydrolysis) is 1. The van der Waals surface area contributed by atoms with Crippen molar-refractivity contribution in [3.63, 3.8) is 0 Å². The van der Waals surface area contributed by atoms with Gasteiger partial charge in [-0.3, -0.25) is 15.0 Å². The quantitative estimate of drug-likeness (QED) is 0.0400. The van der Waals surface area contributed by atoms with Gasteiger partial charge >= 0.3 is 37.6 Å². The third kappa shape index (κ3) is 12.4. The van der Waals surface area contributed by atoms with Crippen LogP contribution >= 0.6 is 0 Å². The monoisotopic (exact) mass is 1060 g/mol. The van der Waals surface area contributed by atoms with Gasteiger partial charge < -0.3 is 30.9 Å². The van der Waals surface area contributed by atoms with Gasteiger partial charge in [-0.05, 0) is 88.6 Å². The normalized spacial score (nSPS) is 16.7. The number of aromatic nitrogens is 4. The molecule has 6 N–H and O–H groups in total. The molecule has 0 saturated heterocycles. The maximum absolute atomic E-state index is 16.1. The Balaban J connectivity index is 1.42. The van der Waals surface area contributed by atoms with Crippen molar-refractivity contribution in [1.29, 1.82) is 0 Å². The lowest BCUT2D eigenvalue weighted by Crippen LogP contribution is -2.67. The molecule has 0 aliphatic heterocycles. The lowest BCUT2D eigenvalue weighted by molar-refractivity contribution is -0.270. The predicted molar refractivity (Wildman–Crippen MR) is 230 cm³/mol. The summed E-state index contributed by atoms with van der Waals surface area (Å²) in [4.78, 5) is 53.8. The number of ether oxygens (including phenoxy) is 2. The number of hydrogen-bond donors (Lipinski definition) is 5. The number of primary amides is 1. The van der Waals surface area contributed by atoms with E-state index in [0.717, 1.165) is 24.8 Å². The minimum absolute atomic E-state index is 0.130. The molecule has 4 atom stereocenters. The Kier molecular flexibility index (Phi) is 16.1. The molecule has 2 aliphatic rings. The number of halogens is 12. The second kappa shape index (κ2) is 21.1. The summed E-state index contributed by atoms with van der Waals surface area (Å²) in [5.41, 5.74) is -3.07. The second-order valence-electron chi connectivity index (χ2n) is 18.8. The van der Waals surface area contributed by atoms with Gasteiger partial charge in [0.05, 0.1) is 30.0 Å². The summed E-state index contributed by atoms with van der Waals surface area (Å²) in [5.74, 6) is -7.61. The minimum atomic E-state index is -5.33. The summed E-state index contributed by atoms with van der Waals surface area (Å²) in [5, 5.41) is 23.7. The number of nitrogens with two attached hydrogens (primary N) is 1. The first kappa shape index (κ1) is 55.7. The highest BCUT2D eigenvalue weighted by molar-refractivity contribution is 5.89. The number of carbonyl (C=O) groups is 4. The molecule has 0 unspecified atom stereocenters. The number of benzene rings is 2. The van der Waals surface area contributed by atoms with Gasteiger partial charge in [0.2, 0.25) is 11.5 Å². The van der Waals surface area contributed by atoms with Crippen LogP contribution in [0.2, 0.25) is 0 Å². The van der Waals surface area contributed by atoms with Crippen molar-refractivity contribution in [2.75, 3.05) is 6.54 Å². The van der Waals surface area contributed by atoms with E-state index in [1.807, 2.05) is 5.32 Å². The number of hydrogen-bond acceptors (Lipinski definition) is 10. The summed E-state index contributed by atoms with van der Waals surface area (Å²) in [7, 11) is 0. The van der Waals surface area contributed by atoms with Crippen LogP contribution in [0.4, 0.5) is 62.3 Å². The third-order valence-electron chi connectivity index (χ3n) is 12.8. The van der Waals surface area contributed by atoms with E-state index in [2.05, 4.69) is 20.9 Å². The fourth-order valence-corrected chi connectivity index (χ4v) is 7.99. The van der Waals surface area contributed by atoms with Crippen LogP contribution < -0.4 is 21.8 Å². The molecule has 2 aliphatic carbocycles. The first-order valence-electron chi connectivity index (χ1n) is 22.2. The van der Waals surface area contributed by atoms with E-state index in [9.17, 15) is 68.2 Å². The summed E-state index contributed by atoms with van der Waals surface area (Å²) < 4.78 is 185. The third-order valence-corrected chi connectivity index (χ3v) is 12.8. The molecule has 0 radical (unpaired) electrons. The first-order valence-corrected chi connectivity index (χ1v) is 22.2. The highest BCUT2D eigenvalue weighted by Gasteiger charge is 2.72. The SMILES string of the molecule is CC(C)([C@H](NC(=O)OC1CC1)C(=O)N[C@@H](Cc1ccc(-c2cnn(C(F)F)c2)cc1)[C@@H](O)CN(Cc1c(F)cc(-c2cnn(C(F)F)c2)cc1F)NC(=O)[C@](OC(N)=O)(C1CC1)C(C)(C)C(F)(F)F)C(F)(F)F. The van der Waals surface area contributed by atoms with Crippen molar-refractivity contribution in [2.24, 2.45) is 22.5 Å². The summed E-state index contributed by atoms with van der Waals surface area (Å²) >= 11 is 0. The van der Waals surface area contributed by atoms with Gasteiger partial charge in [0.1, 0.15) is 29.2 Å². The zero-order chi connectivity index (χ0) is 54.2. The van der Waals surface area contributed by atoms with E-state index in [1.165, 1.54) is 24.3 Å². The van der Waals surface area contributed by atoms with Crippen LogP contribution in [-0.2, 0) is 32.0 Å². The number of aliphatic hydroxyl groups is 1. The van der Waals surface area contributed by atoms with Gasteiger partial charge in [0, 0.05) is 48.1 Å². The number of rotatable bonds is 21. The molecule has 2 saturated carbocycles.